The first-order valence-corrected chi connectivity index (χ1v) is 6.57. The largest absolute Gasteiger partial charge is 0.497 e. The van der Waals surface area contributed by atoms with Gasteiger partial charge in [0.05, 0.1) is 12.5 Å². The van der Waals surface area contributed by atoms with Crippen LogP contribution in [0.4, 0.5) is 4.39 Å². The van der Waals surface area contributed by atoms with Crippen molar-refractivity contribution in [3.63, 3.8) is 0 Å². The third-order valence-corrected chi connectivity index (χ3v) is 3.53. The topological polar surface area (TPSA) is 9.23 Å². The van der Waals surface area contributed by atoms with E-state index in [1.54, 1.807) is 19.2 Å². The summed E-state index contributed by atoms with van der Waals surface area (Å²) in [5, 5.41) is -0.128. The van der Waals surface area contributed by atoms with Crippen LogP contribution in [0.3, 0.4) is 0 Å². The molecule has 0 aromatic heterocycles. The van der Waals surface area contributed by atoms with Crippen LogP contribution in [-0.4, -0.2) is 7.11 Å². The molecule has 0 amide bonds. The van der Waals surface area contributed by atoms with Gasteiger partial charge < -0.3 is 4.74 Å². The monoisotopic (exact) mass is 278 g/mol. The Morgan fingerprint density at radius 3 is 2.42 bits per heavy atom. The molecule has 0 spiro atoms. The summed E-state index contributed by atoms with van der Waals surface area (Å²) in [6.45, 7) is 2.01. The molecule has 100 valence electrons. The van der Waals surface area contributed by atoms with E-state index >= 15 is 0 Å². The van der Waals surface area contributed by atoms with Gasteiger partial charge in [0.2, 0.25) is 0 Å². The van der Waals surface area contributed by atoms with Gasteiger partial charge in [0.15, 0.2) is 0 Å². The lowest BCUT2D eigenvalue weighted by molar-refractivity contribution is 0.414. The van der Waals surface area contributed by atoms with Crippen molar-refractivity contribution in [3.8, 4) is 5.75 Å². The molecule has 1 unspecified atom stereocenters. The van der Waals surface area contributed by atoms with Crippen molar-refractivity contribution in [2.24, 2.45) is 0 Å². The molecular formula is C16H16ClFO. The SMILES string of the molecule is COc1ccc(C(Cl)Cc2ccc(F)cc2)c(C)c1. The molecule has 1 nitrogen and oxygen atoms in total. The molecule has 0 saturated carbocycles. The van der Waals surface area contributed by atoms with Crippen LogP contribution in [0.15, 0.2) is 42.5 Å². The Balaban J connectivity index is 2.15. The Bertz CT molecular complexity index is 551. The molecule has 0 fully saturated rings. The van der Waals surface area contributed by atoms with Crippen LogP contribution in [0, 0.1) is 12.7 Å². The lowest BCUT2D eigenvalue weighted by Crippen LogP contribution is -1.99. The molecule has 0 saturated heterocycles. The van der Waals surface area contributed by atoms with Crippen molar-refractivity contribution in [2.45, 2.75) is 18.7 Å². The van der Waals surface area contributed by atoms with E-state index in [4.69, 9.17) is 16.3 Å². The number of rotatable bonds is 4. The summed E-state index contributed by atoms with van der Waals surface area (Å²) in [4.78, 5) is 0. The Morgan fingerprint density at radius 2 is 1.84 bits per heavy atom. The molecule has 0 aliphatic carbocycles. The van der Waals surface area contributed by atoms with Crippen LogP contribution in [0.2, 0.25) is 0 Å². The highest BCUT2D eigenvalue weighted by atomic mass is 35.5. The quantitative estimate of drug-likeness (QED) is 0.739. The number of hydrogen-bond donors (Lipinski definition) is 0. The van der Waals surface area contributed by atoms with Gasteiger partial charge in [0, 0.05) is 0 Å². The van der Waals surface area contributed by atoms with Crippen molar-refractivity contribution in [3.05, 3.63) is 65.0 Å². The predicted molar refractivity (Wildman–Crippen MR) is 76.4 cm³/mol. The fourth-order valence-electron chi connectivity index (χ4n) is 2.06. The van der Waals surface area contributed by atoms with Crippen LogP contribution in [0.25, 0.3) is 0 Å². The number of halogens is 2. The van der Waals surface area contributed by atoms with Gasteiger partial charge in [0.1, 0.15) is 11.6 Å². The Hall–Kier alpha value is -1.54. The fourth-order valence-corrected chi connectivity index (χ4v) is 2.49. The standard InChI is InChI=1S/C16H16ClFO/c1-11-9-14(19-2)7-8-15(11)16(17)10-12-3-5-13(18)6-4-12/h3-9,16H,10H2,1-2H3. The summed E-state index contributed by atoms with van der Waals surface area (Å²) < 4.78 is 18.0. The highest BCUT2D eigenvalue weighted by Gasteiger charge is 2.12. The van der Waals surface area contributed by atoms with Gasteiger partial charge in [-0.15, -0.1) is 11.6 Å². The number of benzene rings is 2. The average Bonchev–Trinajstić information content (AvgIpc) is 2.41. The summed E-state index contributed by atoms with van der Waals surface area (Å²) in [6.07, 6.45) is 0.676. The van der Waals surface area contributed by atoms with Gasteiger partial charge in [-0.3, -0.25) is 0 Å². The zero-order valence-corrected chi connectivity index (χ0v) is 11.7. The van der Waals surface area contributed by atoms with E-state index < -0.39 is 0 Å². The first-order chi connectivity index (χ1) is 9.10. The van der Waals surface area contributed by atoms with Crippen LogP contribution in [0.1, 0.15) is 22.1 Å². The fraction of sp³-hybridized carbons (Fsp3) is 0.250. The van der Waals surface area contributed by atoms with Gasteiger partial charge >= 0.3 is 0 Å². The maximum absolute atomic E-state index is 12.8. The summed E-state index contributed by atoms with van der Waals surface area (Å²) >= 11 is 6.45. The van der Waals surface area contributed by atoms with Crippen molar-refractivity contribution < 1.29 is 9.13 Å². The smallest absolute Gasteiger partial charge is 0.123 e. The third kappa shape index (κ3) is 3.48. The summed E-state index contributed by atoms with van der Waals surface area (Å²) in [5.74, 6) is 0.599. The molecule has 0 radical (unpaired) electrons. The Morgan fingerprint density at radius 1 is 1.16 bits per heavy atom. The second-order valence-electron chi connectivity index (χ2n) is 4.52. The predicted octanol–water partition coefficient (Wildman–Crippen LogP) is 4.67. The van der Waals surface area contributed by atoms with Gasteiger partial charge in [-0.25, -0.2) is 4.39 Å². The normalized spacial score (nSPS) is 12.2. The third-order valence-electron chi connectivity index (χ3n) is 3.14. The second-order valence-corrected chi connectivity index (χ2v) is 5.05. The number of ether oxygens (including phenoxy) is 1. The molecule has 0 aliphatic rings. The lowest BCUT2D eigenvalue weighted by atomic mass is 10.00. The number of hydrogen-bond acceptors (Lipinski definition) is 1. The lowest BCUT2D eigenvalue weighted by Gasteiger charge is -2.14. The maximum Gasteiger partial charge on any atom is 0.123 e. The Kier molecular flexibility index (Phi) is 4.43. The van der Waals surface area contributed by atoms with Gasteiger partial charge in [-0.2, -0.15) is 0 Å². The van der Waals surface area contributed by atoms with E-state index in [1.165, 1.54) is 12.1 Å². The van der Waals surface area contributed by atoms with E-state index in [1.807, 2.05) is 25.1 Å². The number of methoxy groups -OCH3 is 1. The summed E-state index contributed by atoms with van der Waals surface area (Å²) in [5.41, 5.74) is 3.20. The molecule has 0 bridgehead atoms. The Labute approximate surface area is 118 Å². The molecule has 0 N–H and O–H groups in total. The van der Waals surface area contributed by atoms with Crippen LogP contribution >= 0.6 is 11.6 Å². The molecule has 2 aromatic carbocycles. The zero-order valence-electron chi connectivity index (χ0n) is 11.0. The molecular weight excluding hydrogens is 263 g/mol. The number of aryl methyl sites for hydroxylation is 1. The van der Waals surface area contributed by atoms with Crippen molar-refractivity contribution >= 4 is 11.6 Å². The highest BCUT2D eigenvalue weighted by Crippen LogP contribution is 2.29. The van der Waals surface area contributed by atoms with Crippen molar-refractivity contribution in [1.29, 1.82) is 0 Å². The van der Waals surface area contributed by atoms with Gasteiger partial charge in [-0.1, -0.05) is 18.2 Å². The minimum Gasteiger partial charge on any atom is -0.497 e. The molecule has 0 aliphatic heterocycles. The van der Waals surface area contributed by atoms with Crippen LogP contribution < -0.4 is 4.74 Å². The minimum atomic E-state index is -0.226. The van der Waals surface area contributed by atoms with Crippen molar-refractivity contribution in [2.75, 3.05) is 7.11 Å². The molecule has 3 heteroatoms. The molecule has 19 heavy (non-hydrogen) atoms. The van der Waals surface area contributed by atoms with E-state index in [2.05, 4.69) is 0 Å². The van der Waals surface area contributed by atoms with Crippen LogP contribution in [0.5, 0.6) is 5.75 Å². The van der Waals surface area contributed by atoms with E-state index in [9.17, 15) is 4.39 Å². The van der Waals surface area contributed by atoms with Gasteiger partial charge in [-0.05, 0) is 54.3 Å². The van der Waals surface area contributed by atoms with Gasteiger partial charge in [0.25, 0.3) is 0 Å². The van der Waals surface area contributed by atoms with E-state index in [-0.39, 0.29) is 11.2 Å². The van der Waals surface area contributed by atoms with E-state index in [0.717, 1.165) is 22.4 Å². The van der Waals surface area contributed by atoms with E-state index in [0.29, 0.717) is 6.42 Å². The van der Waals surface area contributed by atoms with Crippen LogP contribution in [-0.2, 0) is 6.42 Å². The minimum absolute atomic E-state index is 0.128. The zero-order chi connectivity index (χ0) is 13.8. The molecule has 0 heterocycles. The molecule has 2 rings (SSSR count). The number of alkyl halides is 1. The highest BCUT2D eigenvalue weighted by molar-refractivity contribution is 6.21. The average molecular weight is 279 g/mol. The summed E-state index contributed by atoms with van der Waals surface area (Å²) in [7, 11) is 1.64. The first kappa shape index (κ1) is 13.9. The molecule has 1 atom stereocenters. The molecule has 2 aromatic rings. The summed E-state index contributed by atoms with van der Waals surface area (Å²) in [6, 6.07) is 12.3. The second kappa shape index (κ2) is 6.07. The van der Waals surface area contributed by atoms with Crippen molar-refractivity contribution in [1.82, 2.24) is 0 Å². The first-order valence-electron chi connectivity index (χ1n) is 6.13. The maximum atomic E-state index is 12.8.